The van der Waals surface area contributed by atoms with Gasteiger partial charge in [-0.1, -0.05) is 0 Å². The second kappa shape index (κ2) is 12.0. The molecule has 6 N–H and O–H groups in total. The van der Waals surface area contributed by atoms with Crippen molar-refractivity contribution in [1.82, 2.24) is 15.1 Å². The number of hydrogen-bond donors (Lipinski definition) is 4. The minimum Gasteiger partial charge on any atom is -0.387 e. The van der Waals surface area contributed by atoms with Crippen molar-refractivity contribution in [3.63, 3.8) is 0 Å². The summed E-state index contributed by atoms with van der Waals surface area (Å²) in [4.78, 5) is 30.5. The first-order chi connectivity index (χ1) is 17.9. The maximum Gasteiger partial charge on any atom is 0.237 e. The van der Waals surface area contributed by atoms with Crippen LogP contribution in [0.2, 0.25) is 0 Å². The number of amides is 2. The van der Waals surface area contributed by atoms with Crippen molar-refractivity contribution >= 4 is 17.6 Å². The smallest absolute Gasteiger partial charge is 0.237 e. The first kappa shape index (κ1) is 26.9. The van der Waals surface area contributed by atoms with Gasteiger partial charge >= 0.3 is 0 Å². The van der Waals surface area contributed by atoms with Crippen LogP contribution in [0.1, 0.15) is 89.9 Å². The molecule has 8 nitrogen and oxygen atoms in total. The summed E-state index contributed by atoms with van der Waals surface area (Å²) in [5.74, 6) is 2.33. The van der Waals surface area contributed by atoms with Gasteiger partial charge in [-0.2, -0.15) is 0 Å². The average Bonchev–Trinajstić information content (AvgIpc) is 3.53. The molecule has 3 saturated carbocycles. The van der Waals surface area contributed by atoms with E-state index in [-0.39, 0.29) is 29.7 Å². The third-order valence-corrected chi connectivity index (χ3v) is 10.7. The normalized spacial score (nSPS) is 39.2. The van der Waals surface area contributed by atoms with Gasteiger partial charge in [-0.3, -0.25) is 19.9 Å². The van der Waals surface area contributed by atoms with Gasteiger partial charge in [-0.05, 0) is 121 Å². The molecule has 4 unspecified atom stereocenters. The highest BCUT2D eigenvalue weighted by molar-refractivity contribution is 5.83. The van der Waals surface area contributed by atoms with Crippen molar-refractivity contribution in [3.8, 4) is 0 Å². The third-order valence-electron chi connectivity index (χ3n) is 10.7. The van der Waals surface area contributed by atoms with E-state index in [1.807, 2.05) is 0 Å². The van der Waals surface area contributed by atoms with Crippen molar-refractivity contribution in [3.05, 3.63) is 0 Å². The van der Waals surface area contributed by atoms with Crippen LogP contribution in [-0.4, -0.2) is 71.8 Å². The highest BCUT2D eigenvalue weighted by atomic mass is 16.2. The van der Waals surface area contributed by atoms with Crippen LogP contribution < -0.4 is 16.8 Å². The molecule has 0 aromatic carbocycles. The number of nitrogens with one attached hydrogen (secondary N) is 2. The predicted molar refractivity (Wildman–Crippen MR) is 146 cm³/mol. The maximum absolute atomic E-state index is 13.7. The van der Waals surface area contributed by atoms with E-state index in [1.54, 1.807) is 0 Å². The van der Waals surface area contributed by atoms with E-state index in [9.17, 15) is 9.59 Å². The number of hydrogen-bond acceptors (Lipinski definition) is 5. The lowest BCUT2D eigenvalue weighted by Crippen LogP contribution is -2.52. The molecule has 2 heterocycles. The largest absolute Gasteiger partial charge is 0.387 e. The standard InChI is InChI=1S/C29H50N6O2/c30-27(31)23-10-9-22-15-26(35(25(22)16-23)18-20-3-7-21(8-4-20)28(32)36)29(37)33-24-11-5-19(6-12-24)17-34-13-1-2-14-34/h19-26H,1-18H2,(H3,30,31)(H2,32,36)(H,33,37). The van der Waals surface area contributed by atoms with Crippen LogP contribution in [0.15, 0.2) is 0 Å². The molecular formula is C29H50N6O2. The number of primary amides is 1. The lowest BCUT2D eigenvalue weighted by Gasteiger charge is -2.40. The number of likely N-dealkylation sites (tertiary alicyclic amines) is 2. The molecule has 208 valence electrons. The highest BCUT2D eigenvalue weighted by Gasteiger charge is 2.48. The van der Waals surface area contributed by atoms with E-state index in [2.05, 4.69) is 15.1 Å². The molecular weight excluding hydrogens is 464 g/mol. The topological polar surface area (TPSA) is 129 Å². The fourth-order valence-electron chi connectivity index (χ4n) is 8.39. The Hall–Kier alpha value is -1.67. The Kier molecular flexibility index (Phi) is 8.74. The van der Waals surface area contributed by atoms with Gasteiger partial charge in [-0.25, -0.2) is 0 Å². The first-order valence-corrected chi connectivity index (χ1v) is 15.3. The molecule has 8 heteroatoms. The fourth-order valence-corrected chi connectivity index (χ4v) is 8.39. The summed E-state index contributed by atoms with van der Waals surface area (Å²) < 4.78 is 0. The molecule has 5 aliphatic rings. The first-order valence-electron chi connectivity index (χ1n) is 15.3. The van der Waals surface area contributed by atoms with Gasteiger partial charge in [0.05, 0.1) is 11.9 Å². The molecule has 2 aliphatic heterocycles. The van der Waals surface area contributed by atoms with Crippen LogP contribution in [0.5, 0.6) is 0 Å². The van der Waals surface area contributed by atoms with E-state index in [0.717, 1.165) is 76.7 Å². The lowest BCUT2D eigenvalue weighted by molar-refractivity contribution is -0.127. The van der Waals surface area contributed by atoms with Gasteiger partial charge in [0, 0.05) is 37.0 Å². The average molecular weight is 515 g/mol. The van der Waals surface area contributed by atoms with Crippen LogP contribution >= 0.6 is 0 Å². The Labute approximate surface area is 223 Å². The van der Waals surface area contributed by atoms with Gasteiger partial charge in [0.15, 0.2) is 0 Å². The predicted octanol–water partition coefficient (Wildman–Crippen LogP) is 2.84. The summed E-state index contributed by atoms with van der Waals surface area (Å²) >= 11 is 0. The lowest BCUT2D eigenvalue weighted by atomic mass is 9.77. The minimum absolute atomic E-state index is 0.0130. The SMILES string of the molecule is N=C(N)C1CCC2CC(C(=O)NC3CCC(CN4CCCC4)CC3)N(CC3CCC(C(N)=O)CC3)C2C1. The monoisotopic (exact) mass is 514 g/mol. The Balaban J connectivity index is 1.18. The van der Waals surface area contributed by atoms with Crippen molar-refractivity contribution in [2.24, 2.45) is 41.1 Å². The molecule has 2 amide bonds. The van der Waals surface area contributed by atoms with Crippen LogP contribution in [0.4, 0.5) is 0 Å². The third kappa shape index (κ3) is 6.49. The quantitative estimate of drug-likeness (QED) is 0.292. The Bertz CT molecular complexity index is 813. The molecule has 5 fully saturated rings. The van der Waals surface area contributed by atoms with Crippen molar-refractivity contribution in [2.45, 2.75) is 108 Å². The molecule has 2 saturated heterocycles. The molecule has 37 heavy (non-hydrogen) atoms. The highest BCUT2D eigenvalue weighted by Crippen LogP contribution is 2.43. The molecule has 4 atom stereocenters. The fraction of sp³-hybridized carbons (Fsp3) is 0.897. The summed E-state index contributed by atoms with van der Waals surface area (Å²) in [5, 5.41) is 11.5. The number of nitrogens with two attached hydrogens (primary N) is 2. The molecule has 0 spiro atoms. The summed E-state index contributed by atoms with van der Waals surface area (Å²) in [6, 6.07) is 0.572. The minimum atomic E-state index is -0.163. The number of nitrogens with zero attached hydrogens (tertiary/aromatic N) is 2. The number of rotatable bonds is 8. The number of carbonyl (C=O) groups excluding carboxylic acids is 2. The Morgan fingerprint density at radius 3 is 2.05 bits per heavy atom. The second-order valence-electron chi connectivity index (χ2n) is 13.1. The van der Waals surface area contributed by atoms with E-state index >= 15 is 0 Å². The summed E-state index contributed by atoms with van der Waals surface area (Å²) in [5.41, 5.74) is 11.5. The number of fused-ring (bicyclic) bond motifs is 1. The van der Waals surface area contributed by atoms with Crippen molar-refractivity contribution in [2.75, 3.05) is 26.2 Å². The van der Waals surface area contributed by atoms with Gasteiger partial charge in [0.25, 0.3) is 0 Å². The Morgan fingerprint density at radius 1 is 0.784 bits per heavy atom. The summed E-state index contributed by atoms with van der Waals surface area (Å²) in [7, 11) is 0. The molecule has 0 aromatic heterocycles. The molecule has 0 aromatic rings. The molecule has 0 bridgehead atoms. The molecule has 3 aliphatic carbocycles. The van der Waals surface area contributed by atoms with Gasteiger partial charge in [0.2, 0.25) is 11.8 Å². The van der Waals surface area contributed by atoms with E-state index < -0.39 is 0 Å². The van der Waals surface area contributed by atoms with E-state index in [4.69, 9.17) is 16.9 Å². The van der Waals surface area contributed by atoms with Crippen LogP contribution in [0.3, 0.4) is 0 Å². The summed E-state index contributed by atoms with van der Waals surface area (Å²) in [6.07, 6.45) is 15.0. The second-order valence-corrected chi connectivity index (χ2v) is 13.1. The number of amidine groups is 1. The maximum atomic E-state index is 13.7. The van der Waals surface area contributed by atoms with E-state index in [1.165, 1.54) is 45.3 Å². The Morgan fingerprint density at radius 2 is 1.41 bits per heavy atom. The van der Waals surface area contributed by atoms with Crippen LogP contribution in [0, 0.1) is 35.0 Å². The zero-order chi connectivity index (χ0) is 25.9. The molecule has 5 rings (SSSR count). The number of carbonyl (C=O) groups is 2. The van der Waals surface area contributed by atoms with Crippen molar-refractivity contribution in [1.29, 1.82) is 5.41 Å². The van der Waals surface area contributed by atoms with Gasteiger partial charge in [-0.15, -0.1) is 0 Å². The molecule has 0 radical (unpaired) electrons. The van der Waals surface area contributed by atoms with E-state index in [0.29, 0.717) is 29.8 Å². The van der Waals surface area contributed by atoms with Crippen LogP contribution in [-0.2, 0) is 9.59 Å². The zero-order valence-electron chi connectivity index (χ0n) is 22.7. The van der Waals surface area contributed by atoms with Gasteiger partial charge in [0.1, 0.15) is 0 Å². The van der Waals surface area contributed by atoms with Gasteiger partial charge < -0.3 is 21.7 Å². The summed E-state index contributed by atoms with van der Waals surface area (Å²) in [6.45, 7) is 4.70. The zero-order valence-corrected chi connectivity index (χ0v) is 22.7. The van der Waals surface area contributed by atoms with Crippen molar-refractivity contribution < 1.29 is 9.59 Å². The van der Waals surface area contributed by atoms with Crippen LogP contribution in [0.25, 0.3) is 0 Å².